The quantitative estimate of drug-likeness (QED) is 0.859. The third-order valence-electron chi connectivity index (χ3n) is 3.20. The summed E-state index contributed by atoms with van der Waals surface area (Å²) in [5.41, 5.74) is 0.924. The minimum absolute atomic E-state index is 0.0253. The van der Waals surface area contributed by atoms with Gasteiger partial charge in [0.2, 0.25) is 0 Å². The van der Waals surface area contributed by atoms with Gasteiger partial charge in [-0.15, -0.1) is 0 Å². The molecule has 0 saturated carbocycles. The average molecular weight is 335 g/mol. The van der Waals surface area contributed by atoms with Crippen LogP contribution in [0.1, 0.15) is 5.56 Å². The van der Waals surface area contributed by atoms with Gasteiger partial charge in [0, 0.05) is 7.05 Å². The van der Waals surface area contributed by atoms with Crippen molar-refractivity contribution in [3.63, 3.8) is 0 Å². The minimum Gasteiger partial charge on any atom is -0.497 e. The van der Waals surface area contributed by atoms with Crippen molar-refractivity contribution in [2.45, 2.75) is 11.8 Å². The number of aryl methyl sites for hydroxylation is 1. The molecule has 2 aromatic carbocycles. The van der Waals surface area contributed by atoms with Gasteiger partial charge in [-0.25, -0.2) is 17.5 Å². The Morgan fingerprint density at radius 1 is 0.957 bits per heavy atom. The first-order chi connectivity index (χ1) is 10.8. The molecule has 0 unspecified atom stereocenters. The number of benzene rings is 2. The summed E-state index contributed by atoms with van der Waals surface area (Å²) in [6, 6.07) is 12.5. The van der Waals surface area contributed by atoms with Crippen molar-refractivity contribution in [3.05, 3.63) is 54.1 Å². The van der Waals surface area contributed by atoms with E-state index in [1.165, 1.54) is 31.4 Å². The molecular formula is C16H17NO5S. The molecule has 0 aromatic heterocycles. The lowest BCUT2D eigenvalue weighted by molar-refractivity contribution is 0.184. The fraction of sp³-hybridized carbons (Fsp3) is 0.188. The van der Waals surface area contributed by atoms with Crippen molar-refractivity contribution < 1.29 is 22.7 Å². The summed E-state index contributed by atoms with van der Waals surface area (Å²) in [5.74, 6) is 0.826. The second-order valence-corrected chi connectivity index (χ2v) is 6.80. The zero-order valence-electron chi connectivity index (χ0n) is 13.0. The zero-order valence-corrected chi connectivity index (χ0v) is 13.8. The molecule has 0 spiro atoms. The number of hydrogen-bond acceptors (Lipinski definition) is 5. The Morgan fingerprint density at radius 2 is 1.48 bits per heavy atom. The summed E-state index contributed by atoms with van der Waals surface area (Å²) in [6.07, 6.45) is -0.990. The molecule has 23 heavy (non-hydrogen) atoms. The Bertz CT molecular complexity index is 782. The van der Waals surface area contributed by atoms with E-state index in [2.05, 4.69) is 0 Å². The fourth-order valence-electron chi connectivity index (χ4n) is 1.78. The van der Waals surface area contributed by atoms with Crippen LogP contribution in [-0.2, 0) is 10.0 Å². The van der Waals surface area contributed by atoms with E-state index in [0.29, 0.717) is 10.1 Å². The number of carbonyl (C=O) groups is 1. The second-order valence-electron chi connectivity index (χ2n) is 4.83. The Labute approximate surface area is 135 Å². The molecule has 0 bridgehead atoms. The first kappa shape index (κ1) is 16.8. The molecule has 2 rings (SSSR count). The van der Waals surface area contributed by atoms with Gasteiger partial charge in [0.25, 0.3) is 10.0 Å². The van der Waals surface area contributed by atoms with E-state index in [9.17, 15) is 13.2 Å². The summed E-state index contributed by atoms with van der Waals surface area (Å²) in [7, 11) is -1.28. The number of amides is 1. The van der Waals surface area contributed by atoms with E-state index in [1.54, 1.807) is 24.3 Å². The average Bonchev–Trinajstić information content (AvgIpc) is 2.55. The van der Waals surface area contributed by atoms with Crippen molar-refractivity contribution in [3.8, 4) is 11.5 Å². The number of hydrogen-bond donors (Lipinski definition) is 0. The maximum absolute atomic E-state index is 12.4. The van der Waals surface area contributed by atoms with Crippen molar-refractivity contribution in [2.75, 3.05) is 14.2 Å². The van der Waals surface area contributed by atoms with E-state index >= 15 is 0 Å². The van der Waals surface area contributed by atoms with Gasteiger partial charge in [-0.05, 0) is 43.3 Å². The SMILES string of the molecule is COc1ccc(OC(=O)N(C)S(=O)(=O)c2ccc(C)cc2)cc1. The largest absolute Gasteiger partial charge is 0.497 e. The van der Waals surface area contributed by atoms with Crippen LogP contribution in [0, 0.1) is 6.92 Å². The van der Waals surface area contributed by atoms with E-state index < -0.39 is 16.1 Å². The molecule has 122 valence electrons. The van der Waals surface area contributed by atoms with Crippen molar-refractivity contribution >= 4 is 16.1 Å². The molecule has 0 saturated heterocycles. The van der Waals surface area contributed by atoms with E-state index in [1.807, 2.05) is 6.92 Å². The van der Waals surface area contributed by atoms with Crippen LogP contribution in [0.15, 0.2) is 53.4 Å². The summed E-state index contributed by atoms with van der Waals surface area (Å²) in [5, 5.41) is 0. The minimum atomic E-state index is -3.95. The van der Waals surface area contributed by atoms with E-state index in [4.69, 9.17) is 9.47 Å². The van der Waals surface area contributed by atoms with Gasteiger partial charge in [0.1, 0.15) is 11.5 Å². The van der Waals surface area contributed by atoms with Crippen LogP contribution in [0.5, 0.6) is 11.5 Å². The highest BCUT2D eigenvalue weighted by atomic mass is 32.2. The van der Waals surface area contributed by atoms with Crippen LogP contribution in [0.4, 0.5) is 4.79 Å². The van der Waals surface area contributed by atoms with Gasteiger partial charge in [-0.2, -0.15) is 0 Å². The molecule has 0 N–H and O–H groups in total. The molecule has 0 aliphatic heterocycles. The Kier molecular flexibility index (Phi) is 4.90. The first-order valence-corrected chi connectivity index (χ1v) is 8.20. The van der Waals surface area contributed by atoms with E-state index in [-0.39, 0.29) is 10.6 Å². The van der Waals surface area contributed by atoms with Crippen LogP contribution in [0.3, 0.4) is 0 Å². The maximum Gasteiger partial charge on any atom is 0.429 e. The Balaban J connectivity index is 2.15. The number of sulfonamides is 1. The highest BCUT2D eigenvalue weighted by molar-refractivity contribution is 7.89. The van der Waals surface area contributed by atoms with Crippen LogP contribution in [0.25, 0.3) is 0 Å². The van der Waals surface area contributed by atoms with E-state index in [0.717, 1.165) is 12.6 Å². The lowest BCUT2D eigenvalue weighted by Crippen LogP contribution is -2.35. The summed E-state index contributed by atoms with van der Waals surface area (Å²) < 4.78 is 35.4. The molecule has 6 nitrogen and oxygen atoms in total. The van der Waals surface area contributed by atoms with Crippen LogP contribution >= 0.6 is 0 Å². The molecule has 0 fully saturated rings. The molecule has 0 aliphatic rings. The number of ether oxygens (including phenoxy) is 2. The maximum atomic E-state index is 12.4. The summed E-state index contributed by atoms with van der Waals surface area (Å²) in [4.78, 5) is 12.1. The fourth-order valence-corrected chi connectivity index (χ4v) is 2.81. The van der Waals surface area contributed by atoms with Gasteiger partial charge in [0.15, 0.2) is 0 Å². The highest BCUT2D eigenvalue weighted by Crippen LogP contribution is 2.20. The smallest absolute Gasteiger partial charge is 0.429 e. The van der Waals surface area contributed by atoms with Crippen LogP contribution in [0.2, 0.25) is 0 Å². The predicted octanol–water partition coefficient (Wildman–Crippen LogP) is 2.82. The monoisotopic (exact) mass is 335 g/mol. The summed E-state index contributed by atoms with van der Waals surface area (Å²) >= 11 is 0. The van der Waals surface area contributed by atoms with Gasteiger partial charge in [0.05, 0.1) is 12.0 Å². The Morgan fingerprint density at radius 3 is 2.00 bits per heavy atom. The van der Waals surface area contributed by atoms with Gasteiger partial charge >= 0.3 is 6.09 Å². The molecule has 0 radical (unpaired) electrons. The van der Waals surface area contributed by atoms with Crippen LogP contribution < -0.4 is 9.47 Å². The molecule has 1 amide bonds. The Hall–Kier alpha value is -2.54. The lowest BCUT2D eigenvalue weighted by atomic mass is 10.2. The normalized spacial score (nSPS) is 10.9. The molecule has 0 aliphatic carbocycles. The molecule has 7 heteroatoms. The molecule has 0 atom stereocenters. The molecular weight excluding hydrogens is 318 g/mol. The topological polar surface area (TPSA) is 72.9 Å². The van der Waals surface area contributed by atoms with Crippen molar-refractivity contribution in [1.29, 1.82) is 0 Å². The van der Waals surface area contributed by atoms with Gasteiger partial charge in [-0.3, -0.25) is 0 Å². The summed E-state index contributed by atoms with van der Waals surface area (Å²) in [6.45, 7) is 1.85. The highest BCUT2D eigenvalue weighted by Gasteiger charge is 2.27. The standard InChI is InChI=1S/C16H17NO5S/c1-12-4-10-15(11-5-12)23(19,20)17(2)16(18)22-14-8-6-13(21-3)7-9-14/h4-11H,1-3H3. The third-order valence-corrected chi connectivity index (χ3v) is 4.94. The van der Waals surface area contributed by atoms with Gasteiger partial charge < -0.3 is 9.47 Å². The van der Waals surface area contributed by atoms with Crippen LogP contribution in [-0.4, -0.2) is 33.0 Å². The van der Waals surface area contributed by atoms with Crippen molar-refractivity contribution in [1.82, 2.24) is 4.31 Å². The zero-order chi connectivity index (χ0) is 17.0. The second kappa shape index (κ2) is 6.70. The number of carbonyl (C=O) groups excluding carboxylic acids is 1. The number of nitrogens with zero attached hydrogens (tertiary/aromatic N) is 1. The van der Waals surface area contributed by atoms with Gasteiger partial charge in [-0.1, -0.05) is 17.7 Å². The third kappa shape index (κ3) is 3.81. The molecule has 2 aromatic rings. The lowest BCUT2D eigenvalue weighted by Gasteiger charge is -2.17. The number of rotatable bonds is 4. The first-order valence-electron chi connectivity index (χ1n) is 6.76. The molecule has 0 heterocycles. The predicted molar refractivity (Wildman–Crippen MR) is 85.1 cm³/mol. The number of methoxy groups -OCH3 is 1. The van der Waals surface area contributed by atoms with Crippen molar-refractivity contribution in [2.24, 2.45) is 0 Å².